The van der Waals surface area contributed by atoms with E-state index < -0.39 is 0 Å². The van der Waals surface area contributed by atoms with E-state index >= 15 is 0 Å². The van der Waals surface area contributed by atoms with Gasteiger partial charge in [0.05, 0.1) is 6.17 Å². The van der Waals surface area contributed by atoms with Crippen LogP contribution in [0.2, 0.25) is 0 Å². The van der Waals surface area contributed by atoms with Gasteiger partial charge in [0.2, 0.25) is 0 Å². The molecule has 3 rings (SSSR count). The molecule has 3 aliphatic rings. The molecular weight excluding hydrogens is 242 g/mol. The van der Waals surface area contributed by atoms with Crippen LogP contribution in [-0.2, 0) is 0 Å². The van der Waals surface area contributed by atoms with E-state index in [1.54, 1.807) is 0 Å². The second-order valence-electron chi connectivity index (χ2n) is 6.12. The van der Waals surface area contributed by atoms with Crippen LogP contribution in [0, 0.1) is 5.92 Å². The fraction of sp³-hybridized carbons (Fsp3) is 0.929. The maximum absolute atomic E-state index is 5.10. The Hall–Kier alpha value is -0.0300. The highest BCUT2D eigenvalue weighted by Gasteiger charge is 2.33. The van der Waals surface area contributed by atoms with Gasteiger partial charge in [-0.25, -0.2) is 0 Å². The molecule has 1 saturated carbocycles. The molecule has 0 aromatic heterocycles. The minimum absolute atomic E-state index is 0.325. The Balaban J connectivity index is 1.53. The molecule has 3 nitrogen and oxygen atoms in total. The summed E-state index contributed by atoms with van der Waals surface area (Å²) in [5.41, 5.74) is 0. The third kappa shape index (κ3) is 2.77. The van der Waals surface area contributed by atoms with Crippen LogP contribution in [0.4, 0.5) is 0 Å². The largest absolute Gasteiger partial charge is 0.310 e. The molecule has 18 heavy (non-hydrogen) atoms. The Labute approximate surface area is 116 Å². The first-order chi connectivity index (χ1) is 8.86. The monoisotopic (exact) mass is 267 g/mol. The lowest BCUT2D eigenvalue weighted by Crippen LogP contribution is -2.54. The fourth-order valence-corrected chi connectivity index (χ4v) is 4.23. The van der Waals surface area contributed by atoms with Gasteiger partial charge < -0.3 is 5.32 Å². The highest BCUT2D eigenvalue weighted by molar-refractivity contribution is 7.79. The molecule has 102 valence electrons. The smallest absolute Gasteiger partial charge is 0.0895 e. The van der Waals surface area contributed by atoms with E-state index in [1.807, 2.05) is 5.37 Å². The standard InChI is InChI=1S/C14H25N3S/c18-10-14-15-7-8-17(14)9-12-6-5-11-3-1-2-4-13(11)16-12/h10-16H,1-9H2. The molecule has 0 aromatic rings. The number of fused-ring (bicyclic) bond motifs is 1. The van der Waals surface area contributed by atoms with Crippen LogP contribution in [0.15, 0.2) is 0 Å². The van der Waals surface area contributed by atoms with E-state index in [2.05, 4.69) is 15.5 Å². The summed E-state index contributed by atoms with van der Waals surface area (Å²) >= 11 is 5.10. The van der Waals surface area contributed by atoms with Gasteiger partial charge in [-0.15, -0.1) is 0 Å². The second kappa shape index (κ2) is 5.95. The molecule has 2 heterocycles. The number of rotatable bonds is 3. The number of hydrogen-bond donors (Lipinski definition) is 2. The molecular formula is C14H25N3S. The maximum Gasteiger partial charge on any atom is 0.0895 e. The molecule has 0 radical (unpaired) electrons. The van der Waals surface area contributed by atoms with Gasteiger partial charge in [-0.3, -0.25) is 10.2 Å². The lowest BCUT2D eigenvalue weighted by Gasteiger charge is -2.42. The summed E-state index contributed by atoms with van der Waals surface area (Å²) in [6, 6.07) is 1.49. The molecule has 2 aliphatic heterocycles. The van der Waals surface area contributed by atoms with Gasteiger partial charge in [0.15, 0.2) is 0 Å². The number of nitrogens with one attached hydrogen (secondary N) is 2. The van der Waals surface area contributed by atoms with Crippen molar-refractivity contribution in [3.05, 3.63) is 0 Å². The molecule has 4 atom stereocenters. The Morgan fingerprint density at radius 1 is 1.17 bits per heavy atom. The predicted molar refractivity (Wildman–Crippen MR) is 78.9 cm³/mol. The SMILES string of the molecule is S=CC1NCCN1CC1CCC2CCCCC2N1. The van der Waals surface area contributed by atoms with Gasteiger partial charge in [0.1, 0.15) is 0 Å². The number of piperidine rings is 1. The third-order valence-electron chi connectivity index (χ3n) is 4.97. The Kier molecular flexibility index (Phi) is 4.29. The zero-order valence-electron chi connectivity index (χ0n) is 11.1. The average molecular weight is 267 g/mol. The van der Waals surface area contributed by atoms with Crippen LogP contribution in [0.5, 0.6) is 0 Å². The summed E-state index contributed by atoms with van der Waals surface area (Å²) in [5.74, 6) is 0.966. The lowest BCUT2D eigenvalue weighted by atomic mass is 9.78. The van der Waals surface area contributed by atoms with E-state index in [9.17, 15) is 0 Å². The Bertz CT molecular complexity index is 297. The van der Waals surface area contributed by atoms with Crippen LogP contribution in [-0.4, -0.2) is 48.2 Å². The summed E-state index contributed by atoms with van der Waals surface area (Å²) in [7, 11) is 0. The molecule has 4 heteroatoms. The number of thiocarbonyl (C=S) groups is 1. The molecule has 0 bridgehead atoms. The lowest BCUT2D eigenvalue weighted by molar-refractivity contribution is 0.147. The minimum atomic E-state index is 0.325. The van der Waals surface area contributed by atoms with Crippen LogP contribution in [0.1, 0.15) is 38.5 Å². The van der Waals surface area contributed by atoms with Crippen molar-refractivity contribution >= 4 is 17.6 Å². The molecule has 4 unspecified atom stereocenters. The van der Waals surface area contributed by atoms with Crippen molar-refractivity contribution < 1.29 is 0 Å². The van der Waals surface area contributed by atoms with Gasteiger partial charge in [0.25, 0.3) is 0 Å². The second-order valence-corrected chi connectivity index (χ2v) is 6.39. The normalized spacial score (nSPS) is 41.6. The Morgan fingerprint density at radius 2 is 2.06 bits per heavy atom. The van der Waals surface area contributed by atoms with Crippen molar-refractivity contribution in [3.8, 4) is 0 Å². The summed E-state index contributed by atoms with van der Waals surface area (Å²) in [5, 5.41) is 9.22. The average Bonchev–Trinajstić information content (AvgIpc) is 2.86. The molecule has 1 aliphatic carbocycles. The van der Waals surface area contributed by atoms with Crippen molar-refractivity contribution in [2.24, 2.45) is 5.92 Å². The van der Waals surface area contributed by atoms with Crippen molar-refractivity contribution in [1.82, 2.24) is 15.5 Å². The third-order valence-corrected chi connectivity index (χ3v) is 5.23. The van der Waals surface area contributed by atoms with Crippen LogP contribution < -0.4 is 10.6 Å². The highest BCUT2D eigenvalue weighted by Crippen LogP contribution is 2.32. The predicted octanol–water partition coefficient (Wildman–Crippen LogP) is 1.53. The van der Waals surface area contributed by atoms with Crippen LogP contribution in [0.3, 0.4) is 0 Å². The first kappa shape index (κ1) is 13.0. The van der Waals surface area contributed by atoms with E-state index in [-0.39, 0.29) is 0 Å². The van der Waals surface area contributed by atoms with E-state index in [0.717, 1.165) is 31.6 Å². The summed E-state index contributed by atoms with van der Waals surface area (Å²) in [4.78, 5) is 2.49. The first-order valence-corrected chi connectivity index (χ1v) is 8.03. The van der Waals surface area contributed by atoms with Gasteiger partial charge in [0, 0.05) is 37.1 Å². The first-order valence-electron chi connectivity index (χ1n) is 7.55. The summed E-state index contributed by atoms with van der Waals surface area (Å²) < 4.78 is 0. The van der Waals surface area contributed by atoms with Crippen molar-refractivity contribution in [1.29, 1.82) is 0 Å². The molecule has 3 fully saturated rings. The zero-order valence-corrected chi connectivity index (χ0v) is 11.9. The van der Waals surface area contributed by atoms with E-state index in [1.165, 1.54) is 38.5 Å². The van der Waals surface area contributed by atoms with Gasteiger partial charge >= 0.3 is 0 Å². The topological polar surface area (TPSA) is 27.3 Å². The zero-order chi connectivity index (χ0) is 12.4. The summed E-state index contributed by atoms with van der Waals surface area (Å²) in [6.07, 6.45) is 8.85. The minimum Gasteiger partial charge on any atom is -0.310 e. The van der Waals surface area contributed by atoms with E-state index in [4.69, 9.17) is 12.2 Å². The van der Waals surface area contributed by atoms with Crippen LogP contribution in [0.25, 0.3) is 0 Å². The number of nitrogens with zero attached hydrogens (tertiary/aromatic N) is 1. The van der Waals surface area contributed by atoms with Crippen LogP contribution >= 0.6 is 12.2 Å². The van der Waals surface area contributed by atoms with Gasteiger partial charge in [-0.1, -0.05) is 25.1 Å². The van der Waals surface area contributed by atoms with E-state index in [0.29, 0.717) is 12.2 Å². The molecule has 0 spiro atoms. The van der Waals surface area contributed by atoms with Gasteiger partial charge in [-0.05, 0) is 31.6 Å². The highest BCUT2D eigenvalue weighted by atomic mass is 32.1. The molecule has 2 saturated heterocycles. The van der Waals surface area contributed by atoms with Crippen molar-refractivity contribution in [2.75, 3.05) is 19.6 Å². The fourth-order valence-electron chi connectivity index (χ4n) is 3.96. The quantitative estimate of drug-likeness (QED) is 0.758. The van der Waals surface area contributed by atoms with Crippen molar-refractivity contribution in [2.45, 2.75) is 56.8 Å². The summed E-state index contributed by atoms with van der Waals surface area (Å²) in [6.45, 7) is 3.38. The molecule has 0 aromatic carbocycles. The maximum atomic E-state index is 5.10. The van der Waals surface area contributed by atoms with Crippen molar-refractivity contribution in [3.63, 3.8) is 0 Å². The molecule has 2 N–H and O–H groups in total. The Morgan fingerprint density at radius 3 is 2.94 bits per heavy atom. The molecule has 0 amide bonds. The van der Waals surface area contributed by atoms with Gasteiger partial charge in [-0.2, -0.15) is 0 Å². The number of hydrogen-bond acceptors (Lipinski definition) is 4.